The Hall–Kier alpha value is 0.235. The fourth-order valence-corrected chi connectivity index (χ4v) is 2.45. The monoisotopic (exact) mass is 261 g/mol. The summed E-state index contributed by atoms with van der Waals surface area (Å²) >= 11 is 0. The molecule has 0 aliphatic carbocycles. The highest BCUT2D eigenvalue weighted by atomic mass is 35.5. The van der Waals surface area contributed by atoms with Crippen LogP contribution in [0.3, 0.4) is 0 Å². The molecule has 0 aromatic carbocycles. The van der Waals surface area contributed by atoms with E-state index in [1.807, 2.05) is 0 Å². The molecule has 0 radical (unpaired) electrons. The molecule has 1 N–H and O–H groups in total. The molecule has 2 rings (SSSR count). The lowest BCUT2D eigenvalue weighted by atomic mass is 9.74. The molecule has 0 bridgehead atoms. The van der Waals surface area contributed by atoms with E-state index in [1.165, 1.54) is 12.8 Å². The normalized spacial score (nSPS) is 27.9. The van der Waals surface area contributed by atoms with Crippen LogP contribution in [0, 0.1) is 5.92 Å². The minimum Gasteiger partial charge on any atom is -0.403 e. The zero-order valence-electron chi connectivity index (χ0n) is 11.4. The number of nitrogens with one attached hydrogen (secondary N) is 1. The Morgan fingerprint density at radius 3 is 2.00 bits per heavy atom. The van der Waals surface area contributed by atoms with Crippen molar-refractivity contribution in [2.75, 3.05) is 13.1 Å². The number of piperidine rings is 1. The molecule has 0 spiro atoms. The number of hydrogen-bond donors (Lipinski definition) is 1. The quantitative estimate of drug-likeness (QED) is 0.775. The van der Waals surface area contributed by atoms with E-state index in [0.29, 0.717) is 0 Å². The summed E-state index contributed by atoms with van der Waals surface area (Å²) in [4.78, 5) is 0. The largest absolute Gasteiger partial charge is 0.458 e. The molecule has 2 aliphatic heterocycles. The average molecular weight is 262 g/mol. The average Bonchev–Trinajstić information content (AvgIpc) is 2.36. The first-order valence-corrected chi connectivity index (χ1v) is 6.47. The van der Waals surface area contributed by atoms with E-state index in [9.17, 15) is 0 Å². The molecule has 5 heteroatoms. The molecule has 0 saturated carbocycles. The summed E-state index contributed by atoms with van der Waals surface area (Å²) in [5.74, 6) is 0.760. The predicted molar refractivity (Wildman–Crippen MR) is 73.7 cm³/mol. The lowest BCUT2D eigenvalue weighted by Crippen LogP contribution is -2.41. The van der Waals surface area contributed by atoms with Crippen LogP contribution in [-0.4, -0.2) is 31.4 Å². The third-order valence-electron chi connectivity index (χ3n) is 4.29. The Morgan fingerprint density at radius 2 is 1.53 bits per heavy atom. The van der Waals surface area contributed by atoms with Gasteiger partial charge in [0.2, 0.25) is 0 Å². The van der Waals surface area contributed by atoms with Gasteiger partial charge in [-0.1, -0.05) is 0 Å². The van der Waals surface area contributed by atoms with Gasteiger partial charge in [0.25, 0.3) is 0 Å². The molecule has 2 heterocycles. The van der Waals surface area contributed by atoms with E-state index in [0.717, 1.165) is 25.3 Å². The Labute approximate surface area is 112 Å². The zero-order chi connectivity index (χ0) is 11.8. The van der Waals surface area contributed by atoms with E-state index in [-0.39, 0.29) is 30.7 Å². The van der Waals surface area contributed by atoms with Crippen LogP contribution in [0.2, 0.25) is 6.32 Å². The highest BCUT2D eigenvalue weighted by Crippen LogP contribution is 2.39. The van der Waals surface area contributed by atoms with E-state index in [1.54, 1.807) is 0 Å². The van der Waals surface area contributed by atoms with Gasteiger partial charge in [-0.25, -0.2) is 0 Å². The van der Waals surface area contributed by atoms with Crippen LogP contribution in [0.4, 0.5) is 0 Å². The van der Waals surface area contributed by atoms with Gasteiger partial charge in [0.05, 0.1) is 11.2 Å². The van der Waals surface area contributed by atoms with Gasteiger partial charge in [-0.05, 0) is 65.9 Å². The van der Waals surface area contributed by atoms with Gasteiger partial charge in [0, 0.05) is 0 Å². The Kier molecular flexibility index (Phi) is 4.93. The SMILES string of the molecule is CC1(C)OB(CC2CCNCC2)OC1(C)C.Cl. The van der Waals surface area contributed by atoms with Crippen molar-refractivity contribution < 1.29 is 9.31 Å². The third-order valence-corrected chi connectivity index (χ3v) is 4.29. The Morgan fingerprint density at radius 1 is 1.06 bits per heavy atom. The van der Waals surface area contributed by atoms with Crippen molar-refractivity contribution in [3.63, 3.8) is 0 Å². The molecule has 2 fully saturated rings. The zero-order valence-corrected chi connectivity index (χ0v) is 12.2. The first-order chi connectivity index (χ1) is 7.41. The fourth-order valence-electron chi connectivity index (χ4n) is 2.45. The van der Waals surface area contributed by atoms with Crippen LogP contribution in [-0.2, 0) is 9.31 Å². The Bertz CT molecular complexity index is 239. The third kappa shape index (κ3) is 3.37. The van der Waals surface area contributed by atoms with Crippen LogP contribution < -0.4 is 5.32 Å². The molecule has 0 aromatic heterocycles. The lowest BCUT2D eigenvalue weighted by molar-refractivity contribution is 0.00578. The van der Waals surface area contributed by atoms with Crippen LogP contribution in [0.25, 0.3) is 0 Å². The maximum atomic E-state index is 6.02. The summed E-state index contributed by atoms with van der Waals surface area (Å²) in [6.45, 7) is 10.8. The van der Waals surface area contributed by atoms with E-state index in [4.69, 9.17) is 9.31 Å². The minimum atomic E-state index is -0.176. The van der Waals surface area contributed by atoms with Crippen LogP contribution in [0.5, 0.6) is 0 Å². The molecule has 17 heavy (non-hydrogen) atoms. The summed E-state index contributed by atoms with van der Waals surface area (Å²) in [5, 5.41) is 3.39. The van der Waals surface area contributed by atoms with Gasteiger partial charge in [-0.15, -0.1) is 12.4 Å². The maximum absolute atomic E-state index is 6.02. The summed E-state index contributed by atoms with van der Waals surface area (Å²) in [6, 6.07) is 0. The molecule has 3 nitrogen and oxygen atoms in total. The van der Waals surface area contributed by atoms with Crippen molar-refractivity contribution >= 4 is 19.5 Å². The molecule has 0 aromatic rings. The van der Waals surface area contributed by atoms with Gasteiger partial charge in [-0.2, -0.15) is 0 Å². The summed E-state index contributed by atoms with van der Waals surface area (Å²) in [6.07, 6.45) is 3.56. The summed E-state index contributed by atoms with van der Waals surface area (Å²) in [7, 11) is -0.00639. The first-order valence-electron chi connectivity index (χ1n) is 6.47. The van der Waals surface area contributed by atoms with Gasteiger partial charge >= 0.3 is 7.12 Å². The van der Waals surface area contributed by atoms with Crippen molar-refractivity contribution in [3.05, 3.63) is 0 Å². The van der Waals surface area contributed by atoms with E-state index in [2.05, 4.69) is 33.0 Å². The number of rotatable bonds is 2. The van der Waals surface area contributed by atoms with Gasteiger partial charge in [0.1, 0.15) is 0 Å². The smallest absolute Gasteiger partial charge is 0.403 e. The molecule has 0 atom stereocenters. The van der Waals surface area contributed by atoms with E-state index >= 15 is 0 Å². The number of halogens is 1. The summed E-state index contributed by atoms with van der Waals surface area (Å²) < 4.78 is 12.0. The van der Waals surface area contributed by atoms with Crippen molar-refractivity contribution in [1.29, 1.82) is 0 Å². The minimum absolute atomic E-state index is 0. The molecule has 0 unspecified atom stereocenters. The van der Waals surface area contributed by atoms with Crippen LogP contribution in [0.1, 0.15) is 40.5 Å². The van der Waals surface area contributed by atoms with Crippen LogP contribution in [0.15, 0.2) is 0 Å². The maximum Gasteiger partial charge on any atom is 0.458 e. The van der Waals surface area contributed by atoms with Crippen molar-refractivity contribution in [3.8, 4) is 0 Å². The lowest BCUT2D eigenvalue weighted by Gasteiger charge is -2.32. The second-order valence-electron chi connectivity index (χ2n) is 6.11. The topological polar surface area (TPSA) is 30.5 Å². The van der Waals surface area contributed by atoms with Gasteiger partial charge < -0.3 is 14.6 Å². The van der Waals surface area contributed by atoms with Crippen molar-refractivity contribution in [2.45, 2.75) is 58.1 Å². The van der Waals surface area contributed by atoms with E-state index < -0.39 is 0 Å². The predicted octanol–water partition coefficient (Wildman–Crippen LogP) is 2.50. The van der Waals surface area contributed by atoms with Gasteiger partial charge in [-0.3, -0.25) is 0 Å². The highest BCUT2D eigenvalue weighted by molar-refractivity contribution is 6.45. The first kappa shape index (κ1) is 15.3. The molecular formula is C12H25BClNO2. The standard InChI is InChI=1S/C12H24BNO2.ClH/c1-11(2)12(3,4)16-13(15-11)9-10-5-7-14-8-6-10;/h10,14H,5-9H2,1-4H3;1H. The molecule has 0 amide bonds. The molecular weight excluding hydrogens is 236 g/mol. The van der Waals surface area contributed by atoms with Crippen molar-refractivity contribution in [2.24, 2.45) is 5.92 Å². The molecule has 2 saturated heterocycles. The molecule has 100 valence electrons. The fraction of sp³-hybridized carbons (Fsp3) is 1.00. The van der Waals surface area contributed by atoms with Crippen molar-refractivity contribution in [1.82, 2.24) is 5.32 Å². The highest BCUT2D eigenvalue weighted by Gasteiger charge is 2.51. The second-order valence-corrected chi connectivity index (χ2v) is 6.11. The summed E-state index contributed by atoms with van der Waals surface area (Å²) in [5.41, 5.74) is -0.352. The number of hydrogen-bond acceptors (Lipinski definition) is 3. The molecule has 2 aliphatic rings. The van der Waals surface area contributed by atoms with Crippen LogP contribution >= 0.6 is 12.4 Å². The van der Waals surface area contributed by atoms with Gasteiger partial charge in [0.15, 0.2) is 0 Å². The second kappa shape index (κ2) is 5.47. The Balaban J connectivity index is 0.00000144.